The van der Waals surface area contributed by atoms with Crippen LogP contribution in [0, 0.1) is 12.8 Å². The fourth-order valence-corrected chi connectivity index (χ4v) is 1.72. The maximum Gasteiger partial charge on any atom is 0.151 e. The van der Waals surface area contributed by atoms with Gasteiger partial charge in [0.1, 0.15) is 5.82 Å². The summed E-state index contributed by atoms with van der Waals surface area (Å²) in [5.74, 6) is 2.54. The third-order valence-corrected chi connectivity index (χ3v) is 2.31. The molecular weight excluding hydrogens is 188 g/mol. The molecule has 1 heterocycles. The number of nitrogens with one attached hydrogen (secondary N) is 2. The van der Waals surface area contributed by atoms with E-state index < -0.39 is 0 Å². The summed E-state index contributed by atoms with van der Waals surface area (Å²) >= 11 is 0. The first-order chi connectivity index (χ1) is 7.08. The summed E-state index contributed by atoms with van der Waals surface area (Å²) in [6.45, 7) is 9.59. The summed E-state index contributed by atoms with van der Waals surface area (Å²) in [5, 5.41) is 10.4. The molecule has 2 N–H and O–H groups in total. The quantitative estimate of drug-likeness (QED) is 0.751. The predicted molar refractivity (Wildman–Crippen MR) is 61.7 cm³/mol. The molecule has 1 aromatic heterocycles. The molecule has 0 saturated heterocycles. The average Bonchev–Trinajstić information content (AvgIpc) is 2.50. The number of H-pyrrole nitrogens is 1. The highest BCUT2D eigenvalue weighted by Gasteiger charge is 2.05. The van der Waals surface area contributed by atoms with E-state index in [1.807, 2.05) is 6.92 Å². The van der Waals surface area contributed by atoms with Crippen LogP contribution < -0.4 is 5.32 Å². The highest BCUT2D eigenvalue weighted by molar-refractivity contribution is 4.88. The van der Waals surface area contributed by atoms with Gasteiger partial charge in [0.25, 0.3) is 0 Å². The highest BCUT2D eigenvalue weighted by Crippen LogP contribution is 2.03. The Balaban J connectivity index is 2.16. The lowest BCUT2D eigenvalue weighted by Crippen LogP contribution is -2.29. The summed E-state index contributed by atoms with van der Waals surface area (Å²) < 4.78 is 0. The molecule has 4 nitrogen and oxygen atoms in total. The van der Waals surface area contributed by atoms with Gasteiger partial charge in [0.05, 0.1) is 0 Å². The largest absolute Gasteiger partial charge is 0.314 e. The zero-order valence-corrected chi connectivity index (χ0v) is 10.2. The second kappa shape index (κ2) is 5.85. The Morgan fingerprint density at radius 3 is 2.60 bits per heavy atom. The van der Waals surface area contributed by atoms with Crippen LogP contribution in [0.3, 0.4) is 0 Å². The van der Waals surface area contributed by atoms with Gasteiger partial charge in [-0.3, -0.25) is 5.10 Å². The summed E-state index contributed by atoms with van der Waals surface area (Å²) in [7, 11) is 0. The van der Waals surface area contributed by atoms with Gasteiger partial charge in [-0.2, -0.15) is 5.10 Å². The summed E-state index contributed by atoms with van der Waals surface area (Å²) in [6, 6.07) is 0.574. The summed E-state index contributed by atoms with van der Waals surface area (Å²) in [4.78, 5) is 4.26. The molecule has 4 heteroatoms. The van der Waals surface area contributed by atoms with Crippen molar-refractivity contribution in [2.45, 2.75) is 46.6 Å². The molecule has 0 aliphatic rings. The maximum absolute atomic E-state index is 4.26. The number of rotatable bonds is 6. The van der Waals surface area contributed by atoms with E-state index in [4.69, 9.17) is 0 Å². The van der Waals surface area contributed by atoms with Crippen LogP contribution in [-0.4, -0.2) is 27.8 Å². The second-order valence-electron chi connectivity index (χ2n) is 4.57. The number of hydrogen-bond donors (Lipinski definition) is 2. The van der Waals surface area contributed by atoms with E-state index in [2.05, 4.69) is 41.3 Å². The van der Waals surface area contributed by atoms with Crippen molar-refractivity contribution in [1.29, 1.82) is 0 Å². The fourth-order valence-electron chi connectivity index (χ4n) is 1.72. The monoisotopic (exact) mass is 210 g/mol. The number of aromatic amines is 1. The van der Waals surface area contributed by atoms with E-state index >= 15 is 0 Å². The lowest BCUT2D eigenvalue weighted by molar-refractivity contribution is 0.443. The van der Waals surface area contributed by atoms with E-state index in [1.54, 1.807) is 0 Å². The van der Waals surface area contributed by atoms with Gasteiger partial charge in [0, 0.05) is 19.0 Å². The van der Waals surface area contributed by atoms with Crippen molar-refractivity contribution in [3.8, 4) is 0 Å². The van der Waals surface area contributed by atoms with Gasteiger partial charge < -0.3 is 5.32 Å². The Bertz CT molecular complexity index is 280. The third-order valence-electron chi connectivity index (χ3n) is 2.31. The molecule has 0 fully saturated rings. The predicted octanol–water partition coefficient (Wildman–Crippen LogP) is 1.68. The maximum atomic E-state index is 4.26. The van der Waals surface area contributed by atoms with Crippen LogP contribution in [0.2, 0.25) is 0 Å². The third kappa shape index (κ3) is 4.93. The van der Waals surface area contributed by atoms with Crippen molar-refractivity contribution in [3.63, 3.8) is 0 Å². The first kappa shape index (κ1) is 12.2. The van der Waals surface area contributed by atoms with Crippen LogP contribution in [0.4, 0.5) is 0 Å². The molecule has 1 rings (SSSR count). The molecular formula is C11H22N4. The van der Waals surface area contributed by atoms with E-state index in [-0.39, 0.29) is 0 Å². The lowest BCUT2D eigenvalue weighted by atomic mass is 10.1. The summed E-state index contributed by atoms with van der Waals surface area (Å²) in [5.41, 5.74) is 0. The Hall–Kier alpha value is -0.900. The van der Waals surface area contributed by atoms with E-state index in [0.29, 0.717) is 6.04 Å². The van der Waals surface area contributed by atoms with Crippen molar-refractivity contribution < 1.29 is 0 Å². The molecule has 1 atom stereocenters. The van der Waals surface area contributed by atoms with Crippen molar-refractivity contribution in [2.24, 2.45) is 5.92 Å². The van der Waals surface area contributed by atoms with Crippen LogP contribution in [0.5, 0.6) is 0 Å². The zero-order chi connectivity index (χ0) is 11.3. The van der Waals surface area contributed by atoms with Gasteiger partial charge >= 0.3 is 0 Å². The van der Waals surface area contributed by atoms with Crippen molar-refractivity contribution >= 4 is 0 Å². The Kier molecular flexibility index (Phi) is 4.75. The fraction of sp³-hybridized carbons (Fsp3) is 0.818. The second-order valence-corrected chi connectivity index (χ2v) is 4.57. The minimum absolute atomic E-state index is 0.574. The normalized spacial score (nSPS) is 13.4. The zero-order valence-electron chi connectivity index (χ0n) is 10.2. The minimum atomic E-state index is 0.574. The van der Waals surface area contributed by atoms with Gasteiger partial charge in [0.2, 0.25) is 0 Å². The van der Waals surface area contributed by atoms with Gasteiger partial charge in [0.15, 0.2) is 5.82 Å². The van der Waals surface area contributed by atoms with Crippen LogP contribution in [-0.2, 0) is 6.42 Å². The highest BCUT2D eigenvalue weighted by atomic mass is 15.2. The molecule has 15 heavy (non-hydrogen) atoms. The van der Waals surface area contributed by atoms with Gasteiger partial charge in [-0.1, -0.05) is 13.8 Å². The minimum Gasteiger partial charge on any atom is -0.314 e. The van der Waals surface area contributed by atoms with E-state index in [1.165, 1.54) is 6.42 Å². The number of nitrogens with zero attached hydrogens (tertiary/aromatic N) is 2. The standard InChI is InChI=1S/C11H22N4/c1-8(2)7-9(3)12-6-5-11-13-10(4)14-15-11/h8-9,12H,5-7H2,1-4H3,(H,13,14,15). The Morgan fingerprint density at radius 2 is 2.07 bits per heavy atom. The molecule has 0 radical (unpaired) electrons. The number of aryl methyl sites for hydroxylation is 1. The number of aromatic nitrogens is 3. The molecule has 0 spiro atoms. The molecule has 0 saturated carbocycles. The first-order valence-electron chi connectivity index (χ1n) is 5.69. The van der Waals surface area contributed by atoms with Gasteiger partial charge in [-0.05, 0) is 26.2 Å². The summed E-state index contributed by atoms with van der Waals surface area (Å²) in [6.07, 6.45) is 2.11. The van der Waals surface area contributed by atoms with Crippen molar-refractivity contribution in [2.75, 3.05) is 6.54 Å². The Labute approximate surface area is 91.9 Å². The van der Waals surface area contributed by atoms with Crippen LogP contribution in [0.15, 0.2) is 0 Å². The number of hydrogen-bond acceptors (Lipinski definition) is 3. The topological polar surface area (TPSA) is 53.6 Å². The molecule has 0 aliphatic carbocycles. The van der Waals surface area contributed by atoms with E-state index in [9.17, 15) is 0 Å². The molecule has 0 amide bonds. The molecule has 1 aromatic rings. The van der Waals surface area contributed by atoms with Crippen LogP contribution in [0.1, 0.15) is 38.8 Å². The smallest absolute Gasteiger partial charge is 0.151 e. The SMILES string of the molecule is Cc1nc(CCNC(C)CC(C)C)n[nH]1. The Morgan fingerprint density at radius 1 is 1.33 bits per heavy atom. The molecule has 0 bridgehead atoms. The first-order valence-corrected chi connectivity index (χ1v) is 5.69. The van der Waals surface area contributed by atoms with Crippen LogP contribution >= 0.6 is 0 Å². The lowest BCUT2D eigenvalue weighted by Gasteiger charge is -2.14. The average molecular weight is 210 g/mol. The van der Waals surface area contributed by atoms with Gasteiger partial charge in [-0.25, -0.2) is 4.98 Å². The van der Waals surface area contributed by atoms with Crippen molar-refractivity contribution in [1.82, 2.24) is 20.5 Å². The molecule has 0 aliphatic heterocycles. The molecule has 0 aromatic carbocycles. The van der Waals surface area contributed by atoms with Gasteiger partial charge in [-0.15, -0.1) is 0 Å². The van der Waals surface area contributed by atoms with Crippen molar-refractivity contribution in [3.05, 3.63) is 11.6 Å². The van der Waals surface area contributed by atoms with E-state index in [0.717, 1.165) is 30.5 Å². The molecule has 86 valence electrons. The van der Waals surface area contributed by atoms with Crippen LogP contribution in [0.25, 0.3) is 0 Å². The molecule has 1 unspecified atom stereocenters.